The summed E-state index contributed by atoms with van der Waals surface area (Å²) in [7, 11) is 5.91. The van der Waals surface area contributed by atoms with Crippen LogP contribution in [0.4, 0.5) is 0 Å². The summed E-state index contributed by atoms with van der Waals surface area (Å²) in [6, 6.07) is -0.986. The second-order valence-electron chi connectivity index (χ2n) is 22.6. The van der Waals surface area contributed by atoms with Crippen LogP contribution in [0.5, 0.6) is 0 Å². The summed E-state index contributed by atoms with van der Waals surface area (Å²) in [5, 5.41) is 78.9. The third-order valence-corrected chi connectivity index (χ3v) is 20.0. The van der Waals surface area contributed by atoms with Gasteiger partial charge in [0.2, 0.25) is 17.7 Å². The molecule has 0 unspecified atom stereocenters. The normalized spacial score (nSPS) is 42.1. The van der Waals surface area contributed by atoms with Crippen LogP contribution in [-0.2, 0) is 23.8 Å². The van der Waals surface area contributed by atoms with Crippen LogP contribution >= 0.6 is 35.3 Å². The fourth-order valence-electron chi connectivity index (χ4n) is 11.9. The molecule has 76 heavy (non-hydrogen) atoms. The molecule has 1 aromatic heterocycles. The third-order valence-electron chi connectivity index (χ3n) is 17.0. The van der Waals surface area contributed by atoms with E-state index in [1.165, 1.54) is 35.3 Å². The van der Waals surface area contributed by atoms with E-state index >= 15 is 0 Å². The molecule has 0 aromatic carbocycles. The summed E-state index contributed by atoms with van der Waals surface area (Å²) in [6.07, 6.45) is 1.19. The molecule has 2 amide bonds. The van der Waals surface area contributed by atoms with Gasteiger partial charge in [-0.15, -0.1) is 35.3 Å². The van der Waals surface area contributed by atoms with Gasteiger partial charge in [-0.05, 0) is 79.6 Å². The van der Waals surface area contributed by atoms with Gasteiger partial charge in [-0.2, -0.15) is 0 Å². The van der Waals surface area contributed by atoms with E-state index in [0.29, 0.717) is 29.7 Å². The molecule has 440 valence electrons. The number of carbonyl (C=O) groups excluding carboxylic acids is 2. The van der Waals surface area contributed by atoms with Gasteiger partial charge in [0.1, 0.15) is 64.4 Å². The van der Waals surface area contributed by atoms with E-state index < -0.39 is 67.1 Å². The lowest BCUT2D eigenvalue weighted by Gasteiger charge is -2.44. The largest absolute Gasteiger partial charge is 0.444 e. The maximum atomic E-state index is 12.8. The van der Waals surface area contributed by atoms with Crippen molar-refractivity contribution in [3.8, 4) is 0 Å². The Bertz CT molecular complexity index is 1990. The molecule has 7 heterocycles. The standard InChI is InChI=1S/C17H29N3O4S.C17H31N3O4S.C16H31N3O5S.CH4/c1-8-13(21)14(22)15(24-17(8)25-4)12-9(2)23-16(19-12)11-5-10(6-18)7-20(11)3;1-8-13(21)14(22)15(24-17(8)25-3)12(9-7-10(9)18)19-16(23)11-5-4-6-20(11)2;1-7-12(21)13(22)14(24-16(7)25-4)11(8(2)20)18-15(23)10-5-9(17)6-19(10)3;/h8,10-11,13-15,17,21-22H,5-7,18H2,1-4H3;8-15,17,21-22H,4-7,18H2,1-3H3,(H,19,23);7-14,16,20-22H,5-6,17H2,1-4H3,(H,18,23);1H4/p+3/t8-,10+,11+,13-,14-,15-,17-;8-,9+,10+,11+,12-,13-,14-,15-,17-;7-,8-,9-,10+,11-,12-,13-,14-,16-;/m111./s1. The summed E-state index contributed by atoms with van der Waals surface area (Å²) in [4.78, 5) is 36.4. The lowest BCUT2D eigenvalue weighted by Crippen LogP contribution is -2.64. The number of aromatic nitrogens is 1. The molecule has 18 N–H and O–H groups in total. The molecule has 25 heteroatoms. The number of aliphatic hydroxyl groups is 7. The summed E-state index contributed by atoms with van der Waals surface area (Å²) >= 11 is 4.49. The number of thioether (sulfide) groups is 3. The molecule has 1 saturated carbocycles. The Morgan fingerprint density at radius 1 is 0.737 bits per heavy atom. The van der Waals surface area contributed by atoms with E-state index in [9.17, 15) is 45.3 Å². The molecule has 8 rings (SSSR count). The summed E-state index contributed by atoms with van der Waals surface area (Å²) in [6.45, 7) is 12.5. The average molecular weight is 1140 g/mol. The van der Waals surface area contributed by atoms with Crippen LogP contribution in [0.3, 0.4) is 0 Å². The van der Waals surface area contributed by atoms with E-state index in [4.69, 9.17) is 18.6 Å². The van der Waals surface area contributed by atoms with Crippen molar-refractivity contribution >= 4 is 47.1 Å². The first-order valence-electron chi connectivity index (χ1n) is 26.8. The molecule has 6 saturated heterocycles. The van der Waals surface area contributed by atoms with Crippen LogP contribution < -0.4 is 27.8 Å². The molecule has 22 nitrogen and oxygen atoms in total. The van der Waals surface area contributed by atoms with Crippen LogP contribution in [0.15, 0.2) is 4.42 Å². The van der Waals surface area contributed by atoms with Gasteiger partial charge in [0.15, 0.2) is 0 Å². The number of oxazole rings is 1. The monoisotopic (exact) mass is 1140 g/mol. The Labute approximate surface area is 463 Å². The van der Waals surface area contributed by atoms with Crippen LogP contribution in [-0.4, -0.2) is 241 Å². The zero-order chi connectivity index (χ0) is 55.5. The van der Waals surface area contributed by atoms with Crippen LogP contribution in [0.1, 0.15) is 96.7 Å². The first-order chi connectivity index (χ1) is 35.4. The lowest BCUT2D eigenvalue weighted by atomic mass is 9.88. The zero-order valence-corrected chi connectivity index (χ0v) is 48.5. The number of quaternary nitrogens is 3. The highest BCUT2D eigenvalue weighted by Gasteiger charge is 2.55. The summed E-state index contributed by atoms with van der Waals surface area (Å²) in [5.41, 5.74) is 12.0. The quantitative estimate of drug-likeness (QED) is 0.0897. The highest BCUT2D eigenvalue weighted by molar-refractivity contribution is 7.99. The highest BCUT2D eigenvalue weighted by atomic mass is 32.2. The number of likely N-dealkylation sites (tertiary alicyclic amines) is 3. The van der Waals surface area contributed by atoms with Crippen molar-refractivity contribution in [2.45, 2.75) is 194 Å². The van der Waals surface area contributed by atoms with Gasteiger partial charge in [-0.25, -0.2) is 4.98 Å². The van der Waals surface area contributed by atoms with Crippen LogP contribution in [0.25, 0.3) is 0 Å². The Morgan fingerprint density at radius 2 is 1.26 bits per heavy atom. The predicted molar refractivity (Wildman–Crippen MR) is 292 cm³/mol. The van der Waals surface area contributed by atoms with Gasteiger partial charge in [0.25, 0.3) is 0 Å². The molecule has 7 fully saturated rings. The first kappa shape index (κ1) is 65.4. The van der Waals surface area contributed by atoms with Crippen LogP contribution in [0, 0.1) is 36.5 Å². The Balaban J connectivity index is 0.000000209. The molecule has 0 bridgehead atoms. The second-order valence-corrected chi connectivity index (χ2v) is 25.4. The molecule has 1 aliphatic carbocycles. The van der Waals surface area contributed by atoms with E-state index in [1.807, 2.05) is 65.5 Å². The number of aryl methyl sites for hydroxylation is 1. The van der Waals surface area contributed by atoms with Crippen molar-refractivity contribution in [1.29, 1.82) is 0 Å². The zero-order valence-electron chi connectivity index (χ0n) is 46.0. The Hall–Kier alpha value is -1.44. The number of nitrogens with zero attached hydrogens (tertiary/aromatic N) is 4. The van der Waals surface area contributed by atoms with E-state index in [-0.39, 0.29) is 95.5 Å². The number of nitrogens with one attached hydrogen (secondary N) is 2. The first-order valence-corrected chi connectivity index (χ1v) is 30.7. The van der Waals surface area contributed by atoms with Crippen molar-refractivity contribution < 1.29 is 81.2 Å². The van der Waals surface area contributed by atoms with Gasteiger partial charge in [-0.1, -0.05) is 28.2 Å². The number of amides is 2. The third kappa shape index (κ3) is 14.8. The van der Waals surface area contributed by atoms with Crippen molar-refractivity contribution in [3.63, 3.8) is 0 Å². The summed E-state index contributed by atoms with van der Waals surface area (Å²) in [5.74, 6) is 1.27. The van der Waals surface area contributed by atoms with Gasteiger partial charge >= 0.3 is 0 Å². The SMILES string of the molecule is C.CS[C@H]1O[C@H]([C@H](NC(=O)[C@@H]2CCCN2C)[C@H]2C[C@@H]2[NH3+])[C@H](O)[C@H](O)[C@H]1C.CS[C@H]1O[C@H]([C@H](NC(=O)[C@@H]2C[C@@H]([NH3+])CN2C)[C@@H](C)O)[C@H](O)[C@H](O)[C@H]1C.CS[C@H]1O[C@H](c2nc([C@@H]3C[C@@H](C[NH3+])CN3C)oc2C)[C@H](O)[C@H](O)[C@H]1C. The average Bonchev–Trinajstić information content (AvgIpc) is 3.75. The predicted octanol–water partition coefficient (Wildman–Crippen LogP) is -2.77. The van der Waals surface area contributed by atoms with Crippen molar-refractivity contribution in [3.05, 3.63) is 17.3 Å². The van der Waals surface area contributed by atoms with E-state index in [0.717, 1.165) is 51.9 Å². The number of hydrogen-bond acceptors (Lipinski definition) is 20. The fraction of sp³-hybridized carbons (Fsp3) is 0.902. The number of carbonyl (C=O) groups is 2. The van der Waals surface area contributed by atoms with Gasteiger partial charge in [0, 0.05) is 49.0 Å². The lowest BCUT2D eigenvalue weighted by molar-refractivity contribution is -0.414. The minimum Gasteiger partial charge on any atom is -0.444 e. The molecule has 0 radical (unpaired) electrons. The van der Waals surface area contributed by atoms with Gasteiger partial charge < -0.3 is 82.2 Å². The molecule has 1 aromatic rings. The number of ether oxygens (including phenoxy) is 3. The fourth-order valence-corrected chi connectivity index (χ4v) is 14.4. The maximum absolute atomic E-state index is 12.8. The number of hydrogen-bond donors (Lipinski definition) is 12. The molecule has 6 aliphatic heterocycles. The maximum Gasteiger partial charge on any atom is 0.237 e. The molecule has 25 atom stereocenters. The second kappa shape index (κ2) is 28.5. The minimum atomic E-state index is -1.18. The Kier molecular flexibility index (Phi) is 24.5. The van der Waals surface area contributed by atoms with E-state index in [2.05, 4.69) is 49.7 Å². The molecular weight excluding hydrogens is 1040 g/mol. The van der Waals surface area contributed by atoms with Crippen molar-refractivity contribution in [1.82, 2.24) is 30.3 Å². The topological polar surface area (TPSA) is 346 Å². The van der Waals surface area contributed by atoms with Crippen molar-refractivity contribution in [2.75, 3.05) is 66.1 Å². The van der Waals surface area contributed by atoms with Gasteiger partial charge in [-0.3, -0.25) is 24.3 Å². The molecular formula is C51H98N9O13S3+3. The smallest absolute Gasteiger partial charge is 0.237 e. The summed E-state index contributed by atoms with van der Waals surface area (Å²) < 4.78 is 24.0. The number of aliphatic hydroxyl groups excluding tert-OH is 7. The number of rotatable bonds is 14. The van der Waals surface area contributed by atoms with E-state index in [1.54, 1.807) is 6.92 Å². The van der Waals surface area contributed by atoms with Crippen LogP contribution in [0.2, 0.25) is 0 Å². The van der Waals surface area contributed by atoms with Gasteiger partial charge in [0.05, 0.1) is 79.8 Å². The highest BCUT2D eigenvalue weighted by Crippen LogP contribution is 2.43. The molecule has 7 aliphatic rings. The van der Waals surface area contributed by atoms with Crippen molar-refractivity contribution in [2.24, 2.45) is 29.6 Å². The molecule has 0 spiro atoms. The Morgan fingerprint density at radius 3 is 1.74 bits per heavy atom. The minimum absolute atomic E-state index is 0. The number of likely N-dealkylation sites (N-methyl/N-ethyl adjacent to an activating group) is 2.